The number of hydrogen-bond acceptors (Lipinski definition) is 4. The highest BCUT2D eigenvalue weighted by Gasteiger charge is 2.15. The topological polar surface area (TPSA) is 92.5 Å². The maximum atomic E-state index is 9.61. The lowest BCUT2D eigenvalue weighted by Gasteiger charge is -2.20. The Morgan fingerprint density at radius 2 is 1.22 bits per heavy atom. The predicted octanol–water partition coefficient (Wildman–Crippen LogP) is 0.451. The van der Waals surface area contributed by atoms with E-state index in [4.69, 9.17) is 11.5 Å². The Kier molecular flexibility index (Phi) is 5.75. The van der Waals surface area contributed by atoms with Crippen molar-refractivity contribution in [3.63, 3.8) is 0 Å². The van der Waals surface area contributed by atoms with E-state index in [9.17, 15) is 10.2 Å². The fourth-order valence-electron chi connectivity index (χ4n) is 2.27. The Balaban J connectivity index is 3.28. The van der Waals surface area contributed by atoms with E-state index in [1.54, 1.807) is 13.8 Å². The van der Waals surface area contributed by atoms with Gasteiger partial charge in [0.25, 0.3) is 0 Å². The highest BCUT2D eigenvalue weighted by atomic mass is 16.3. The molecule has 2 atom stereocenters. The minimum Gasteiger partial charge on any atom is -0.393 e. The van der Waals surface area contributed by atoms with Gasteiger partial charge in [-0.1, -0.05) is 12.1 Å². The van der Waals surface area contributed by atoms with Crippen LogP contribution in [0.1, 0.15) is 36.1 Å². The maximum absolute atomic E-state index is 9.61. The summed E-state index contributed by atoms with van der Waals surface area (Å²) in [5, 5.41) is 19.2. The Bertz CT molecular complexity index is 353. The quantitative estimate of drug-likeness (QED) is 0.591. The molecule has 0 saturated heterocycles. The first kappa shape index (κ1) is 15.1. The van der Waals surface area contributed by atoms with Crippen molar-refractivity contribution in [3.05, 3.63) is 34.4 Å². The number of benzene rings is 1. The fourth-order valence-corrected chi connectivity index (χ4v) is 2.27. The molecular weight excluding hydrogens is 228 g/mol. The first-order chi connectivity index (χ1) is 8.49. The van der Waals surface area contributed by atoms with Crippen LogP contribution in [0.15, 0.2) is 12.1 Å². The second kappa shape index (κ2) is 6.85. The molecule has 2 unspecified atom stereocenters. The van der Waals surface area contributed by atoms with Crippen molar-refractivity contribution in [2.75, 3.05) is 0 Å². The second-order valence-corrected chi connectivity index (χ2v) is 4.86. The van der Waals surface area contributed by atoms with Crippen molar-refractivity contribution in [2.45, 2.75) is 52.0 Å². The summed E-state index contributed by atoms with van der Waals surface area (Å²) in [6.07, 6.45) is 0.220. The van der Waals surface area contributed by atoms with Crippen molar-refractivity contribution in [1.29, 1.82) is 0 Å². The molecule has 18 heavy (non-hydrogen) atoms. The average molecular weight is 252 g/mol. The molecule has 102 valence electrons. The summed E-state index contributed by atoms with van der Waals surface area (Å²) in [7, 11) is 0. The van der Waals surface area contributed by atoms with E-state index < -0.39 is 12.2 Å². The molecule has 0 bridgehead atoms. The number of rotatable bonds is 6. The molecule has 0 saturated carbocycles. The van der Waals surface area contributed by atoms with E-state index in [1.165, 1.54) is 0 Å². The van der Waals surface area contributed by atoms with Crippen molar-refractivity contribution < 1.29 is 10.2 Å². The van der Waals surface area contributed by atoms with E-state index in [0.717, 1.165) is 22.3 Å². The lowest BCUT2D eigenvalue weighted by molar-refractivity contribution is 0.188. The van der Waals surface area contributed by atoms with Crippen LogP contribution in [0.25, 0.3) is 0 Å². The van der Waals surface area contributed by atoms with Crippen LogP contribution in [0.3, 0.4) is 0 Å². The van der Waals surface area contributed by atoms with E-state index in [2.05, 4.69) is 0 Å². The zero-order valence-corrected chi connectivity index (χ0v) is 11.2. The van der Waals surface area contributed by atoms with Gasteiger partial charge in [-0.25, -0.2) is 0 Å². The summed E-state index contributed by atoms with van der Waals surface area (Å²) in [5.74, 6) is 0. The summed E-state index contributed by atoms with van der Waals surface area (Å²) < 4.78 is 0. The third-order valence-corrected chi connectivity index (χ3v) is 3.06. The second-order valence-electron chi connectivity index (χ2n) is 4.86. The smallest absolute Gasteiger partial charge is 0.0552 e. The molecule has 0 fully saturated rings. The van der Waals surface area contributed by atoms with Gasteiger partial charge in [0, 0.05) is 13.1 Å². The summed E-state index contributed by atoms with van der Waals surface area (Å²) in [6.45, 7) is 4.36. The average Bonchev–Trinajstić information content (AvgIpc) is 2.29. The monoisotopic (exact) mass is 252 g/mol. The molecule has 0 aliphatic rings. The predicted molar refractivity (Wildman–Crippen MR) is 73.0 cm³/mol. The molecule has 0 amide bonds. The van der Waals surface area contributed by atoms with Crippen molar-refractivity contribution >= 4 is 0 Å². The summed E-state index contributed by atoms with van der Waals surface area (Å²) in [5.41, 5.74) is 15.6. The standard InChI is InChI=1S/C14H24N2O2/c1-9(17)5-13-11(7-15)3-4-12(8-16)14(13)6-10(2)18/h3-4,9-10,17-18H,5-8,15-16H2,1-2H3. The van der Waals surface area contributed by atoms with Gasteiger partial charge >= 0.3 is 0 Å². The van der Waals surface area contributed by atoms with Gasteiger partial charge in [0.2, 0.25) is 0 Å². The molecule has 1 aromatic rings. The Morgan fingerprint density at radius 3 is 1.44 bits per heavy atom. The van der Waals surface area contributed by atoms with Crippen molar-refractivity contribution in [1.82, 2.24) is 0 Å². The molecule has 4 nitrogen and oxygen atoms in total. The Labute approximate surface area is 109 Å². The van der Waals surface area contributed by atoms with Gasteiger partial charge < -0.3 is 21.7 Å². The van der Waals surface area contributed by atoms with Crippen LogP contribution in [0.4, 0.5) is 0 Å². The Hall–Kier alpha value is -0.940. The molecular formula is C14H24N2O2. The molecule has 0 aliphatic carbocycles. The third-order valence-electron chi connectivity index (χ3n) is 3.06. The van der Waals surface area contributed by atoms with Crippen LogP contribution in [-0.4, -0.2) is 22.4 Å². The summed E-state index contributed by atoms with van der Waals surface area (Å²) >= 11 is 0. The van der Waals surface area contributed by atoms with Crippen LogP contribution >= 0.6 is 0 Å². The highest BCUT2D eigenvalue weighted by Crippen LogP contribution is 2.23. The van der Waals surface area contributed by atoms with Gasteiger partial charge in [0.1, 0.15) is 0 Å². The number of aliphatic hydroxyl groups excluding tert-OH is 2. The zero-order valence-electron chi connectivity index (χ0n) is 11.2. The molecule has 0 aliphatic heterocycles. The normalized spacial score (nSPS) is 14.6. The molecule has 0 radical (unpaired) electrons. The number of hydrogen-bond donors (Lipinski definition) is 4. The summed E-state index contributed by atoms with van der Waals surface area (Å²) in [6, 6.07) is 3.93. The first-order valence-corrected chi connectivity index (χ1v) is 6.38. The molecule has 0 aromatic heterocycles. The van der Waals surface area contributed by atoms with Gasteiger partial charge in [0.05, 0.1) is 12.2 Å². The molecule has 6 N–H and O–H groups in total. The van der Waals surface area contributed by atoms with E-state index >= 15 is 0 Å². The molecule has 4 heteroatoms. The summed E-state index contributed by atoms with van der Waals surface area (Å²) in [4.78, 5) is 0. The lowest BCUT2D eigenvalue weighted by Crippen LogP contribution is -2.18. The van der Waals surface area contributed by atoms with E-state index in [-0.39, 0.29) is 0 Å². The first-order valence-electron chi connectivity index (χ1n) is 6.38. The SMILES string of the molecule is CC(O)Cc1c(CN)ccc(CN)c1CC(C)O. The fraction of sp³-hybridized carbons (Fsp3) is 0.571. The zero-order chi connectivity index (χ0) is 13.7. The molecule has 0 spiro atoms. The minimum atomic E-state index is -0.434. The van der Waals surface area contributed by atoms with Gasteiger partial charge in [-0.15, -0.1) is 0 Å². The van der Waals surface area contributed by atoms with Crippen LogP contribution in [0, 0.1) is 0 Å². The maximum Gasteiger partial charge on any atom is 0.0552 e. The van der Waals surface area contributed by atoms with Crippen LogP contribution < -0.4 is 11.5 Å². The molecule has 0 heterocycles. The minimum absolute atomic E-state index is 0.430. The van der Waals surface area contributed by atoms with Gasteiger partial charge in [0.15, 0.2) is 0 Å². The largest absolute Gasteiger partial charge is 0.393 e. The van der Waals surface area contributed by atoms with Gasteiger partial charge in [-0.05, 0) is 48.9 Å². The van der Waals surface area contributed by atoms with Crippen LogP contribution in [-0.2, 0) is 25.9 Å². The van der Waals surface area contributed by atoms with Gasteiger partial charge in [-0.3, -0.25) is 0 Å². The molecule has 1 rings (SSSR count). The Morgan fingerprint density at radius 1 is 0.889 bits per heavy atom. The van der Waals surface area contributed by atoms with Crippen LogP contribution in [0.2, 0.25) is 0 Å². The van der Waals surface area contributed by atoms with Gasteiger partial charge in [-0.2, -0.15) is 0 Å². The molecule has 1 aromatic carbocycles. The number of aliphatic hydroxyl groups is 2. The van der Waals surface area contributed by atoms with E-state index in [0.29, 0.717) is 25.9 Å². The highest BCUT2D eigenvalue weighted by molar-refractivity contribution is 5.42. The van der Waals surface area contributed by atoms with E-state index in [1.807, 2.05) is 12.1 Å². The number of nitrogens with two attached hydrogens (primary N) is 2. The third kappa shape index (κ3) is 3.78. The van der Waals surface area contributed by atoms with Crippen molar-refractivity contribution in [2.24, 2.45) is 11.5 Å². The van der Waals surface area contributed by atoms with Crippen molar-refractivity contribution in [3.8, 4) is 0 Å². The van der Waals surface area contributed by atoms with Crippen LogP contribution in [0.5, 0.6) is 0 Å². The lowest BCUT2D eigenvalue weighted by atomic mass is 9.89.